The summed E-state index contributed by atoms with van der Waals surface area (Å²) >= 11 is 0. The van der Waals surface area contributed by atoms with E-state index in [-0.39, 0.29) is 19.6 Å². The minimum atomic E-state index is -0.521. The third-order valence-corrected chi connectivity index (χ3v) is 6.01. The van der Waals surface area contributed by atoms with E-state index in [1.165, 1.54) is 16.0 Å². The predicted molar refractivity (Wildman–Crippen MR) is 140 cm³/mol. The highest BCUT2D eigenvalue weighted by atomic mass is 16.5. The number of allylic oxidation sites excluding steroid dienone is 1. The number of rotatable bonds is 6. The zero-order valence-electron chi connectivity index (χ0n) is 20.4. The molecule has 2 aromatic rings. The fraction of sp³-hybridized carbons (Fsp3) is 0.161. The van der Waals surface area contributed by atoms with Crippen molar-refractivity contribution >= 4 is 17.6 Å². The molecule has 3 aliphatic rings. The van der Waals surface area contributed by atoms with E-state index in [2.05, 4.69) is 30.3 Å². The molecule has 2 aliphatic carbocycles. The Kier molecular flexibility index (Phi) is 7.67. The molecule has 5 nitrogen and oxygen atoms in total. The molecule has 0 fully saturated rings. The van der Waals surface area contributed by atoms with Gasteiger partial charge in [-0.2, -0.15) is 0 Å². The second-order valence-electron chi connectivity index (χ2n) is 8.26. The van der Waals surface area contributed by atoms with Gasteiger partial charge >= 0.3 is 11.9 Å². The highest BCUT2D eigenvalue weighted by molar-refractivity contribution is 6.03. The van der Waals surface area contributed by atoms with Gasteiger partial charge in [-0.25, -0.2) is 9.59 Å². The number of ether oxygens (including phenoxy) is 2. The predicted octanol–water partition coefficient (Wildman–Crippen LogP) is 5.94. The molecule has 0 unspecified atom stereocenters. The molecule has 2 aromatic carbocycles. The van der Waals surface area contributed by atoms with Crippen LogP contribution in [0.3, 0.4) is 0 Å². The summed E-state index contributed by atoms with van der Waals surface area (Å²) in [7, 11) is 0. The Balaban J connectivity index is 0.000000434. The van der Waals surface area contributed by atoms with E-state index in [1.807, 2.05) is 60.7 Å². The molecule has 0 spiro atoms. The largest absolute Gasteiger partial charge is 0.463 e. The summed E-state index contributed by atoms with van der Waals surface area (Å²) in [5.74, 6) is -1.01. The number of hydrogen-bond acceptors (Lipinski definition) is 5. The molecule has 0 N–H and O–H groups in total. The van der Waals surface area contributed by atoms with Gasteiger partial charge in [0.05, 0.1) is 23.5 Å². The second-order valence-corrected chi connectivity index (χ2v) is 8.26. The summed E-state index contributed by atoms with van der Waals surface area (Å²) in [6.07, 6.45) is 5.87. The van der Waals surface area contributed by atoms with Gasteiger partial charge in [-0.15, -0.1) is 0 Å². The van der Waals surface area contributed by atoms with Crippen molar-refractivity contribution in [2.45, 2.75) is 26.9 Å². The van der Waals surface area contributed by atoms with Crippen LogP contribution in [0.15, 0.2) is 102 Å². The summed E-state index contributed by atoms with van der Waals surface area (Å²) < 4.78 is 10.7. The summed E-state index contributed by atoms with van der Waals surface area (Å²) in [4.78, 5) is 27.1. The number of esters is 2. The third kappa shape index (κ3) is 5.24. The third-order valence-electron chi connectivity index (χ3n) is 6.01. The smallest absolute Gasteiger partial charge is 0.336 e. The van der Waals surface area contributed by atoms with Gasteiger partial charge in [0.15, 0.2) is 0 Å². The topological polar surface area (TPSA) is 55.8 Å². The van der Waals surface area contributed by atoms with Crippen molar-refractivity contribution in [3.8, 4) is 23.6 Å². The fourth-order valence-electron chi connectivity index (χ4n) is 3.97. The molecule has 180 valence electrons. The molecule has 0 aromatic heterocycles. The number of carbonyl (C=O) groups excluding carboxylic acids is 2. The number of benzene rings is 3. The molecular weight excluding hydrogens is 450 g/mol. The summed E-state index contributed by atoms with van der Waals surface area (Å²) in [5.41, 5.74) is 6.27. The van der Waals surface area contributed by atoms with E-state index in [1.54, 1.807) is 13.8 Å². The molecule has 0 bridgehead atoms. The van der Waals surface area contributed by atoms with Gasteiger partial charge in [0.2, 0.25) is 0 Å². The zero-order chi connectivity index (χ0) is 25.5. The minimum absolute atomic E-state index is 0.0840. The van der Waals surface area contributed by atoms with Crippen molar-refractivity contribution < 1.29 is 19.1 Å². The highest BCUT2D eigenvalue weighted by Gasteiger charge is 2.33. The Morgan fingerprint density at radius 2 is 1.36 bits per heavy atom. The number of fused-ring (bicyclic) bond motifs is 1. The maximum absolute atomic E-state index is 13.1. The molecular formula is C31H27NO4. The summed E-state index contributed by atoms with van der Waals surface area (Å²) in [6, 6.07) is 29.8. The number of hydrogen-bond donors (Lipinski definition) is 0. The van der Waals surface area contributed by atoms with Crippen LogP contribution < -0.4 is 0 Å². The van der Waals surface area contributed by atoms with Gasteiger partial charge in [0, 0.05) is 18.2 Å². The Bertz CT molecular complexity index is 1330. The van der Waals surface area contributed by atoms with Crippen LogP contribution in [-0.4, -0.2) is 23.4 Å². The molecule has 1 aliphatic heterocycles. The quantitative estimate of drug-likeness (QED) is 0.254. The lowest BCUT2D eigenvalue weighted by Gasteiger charge is -2.31. The number of terminal acetylenes is 1. The van der Waals surface area contributed by atoms with Crippen LogP contribution in [0.25, 0.3) is 16.8 Å². The van der Waals surface area contributed by atoms with Crippen molar-refractivity contribution in [2.75, 3.05) is 6.61 Å². The average Bonchev–Trinajstić information content (AvgIpc) is 2.90. The van der Waals surface area contributed by atoms with Gasteiger partial charge in [0.25, 0.3) is 0 Å². The Morgan fingerprint density at radius 1 is 0.806 bits per heavy atom. The van der Waals surface area contributed by atoms with Crippen molar-refractivity contribution in [1.29, 1.82) is 0 Å². The lowest BCUT2D eigenvalue weighted by Crippen LogP contribution is -2.28. The summed E-state index contributed by atoms with van der Waals surface area (Å²) in [5, 5.41) is 0. The van der Waals surface area contributed by atoms with Crippen LogP contribution >= 0.6 is 0 Å². The number of nitrogens with zero attached hydrogens (tertiary/aromatic N) is 1. The van der Waals surface area contributed by atoms with Gasteiger partial charge < -0.3 is 9.47 Å². The van der Waals surface area contributed by atoms with Crippen molar-refractivity contribution in [3.05, 3.63) is 113 Å². The molecule has 36 heavy (non-hydrogen) atoms. The van der Waals surface area contributed by atoms with E-state index in [0.29, 0.717) is 22.5 Å². The molecule has 5 rings (SSSR count). The molecule has 0 amide bonds. The van der Waals surface area contributed by atoms with Gasteiger partial charge in [-0.1, -0.05) is 91.4 Å². The Morgan fingerprint density at radius 3 is 1.86 bits per heavy atom. The zero-order valence-corrected chi connectivity index (χ0v) is 20.4. The second kappa shape index (κ2) is 11.2. The van der Waals surface area contributed by atoms with E-state index in [4.69, 9.17) is 15.9 Å². The Labute approximate surface area is 211 Å². The molecule has 1 heterocycles. The van der Waals surface area contributed by atoms with Crippen LogP contribution in [0, 0.1) is 12.5 Å². The van der Waals surface area contributed by atoms with E-state index < -0.39 is 11.9 Å². The van der Waals surface area contributed by atoms with Gasteiger partial charge in [0.1, 0.15) is 6.61 Å². The molecule has 0 saturated carbocycles. The average molecular weight is 478 g/mol. The van der Waals surface area contributed by atoms with Crippen LogP contribution in [-0.2, 0) is 25.7 Å². The van der Waals surface area contributed by atoms with Crippen LogP contribution in [0.1, 0.15) is 31.4 Å². The first-order valence-electron chi connectivity index (χ1n) is 11.8. The van der Waals surface area contributed by atoms with Gasteiger partial charge in [-0.3, -0.25) is 4.90 Å². The Hall–Kier alpha value is -4.56. The van der Waals surface area contributed by atoms with E-state index >= 15 is 0 Å². The number of carbonyl (C=O) groups is 2. The molecule has 0 atom stereocenters. The van der Waals surface area contributed by atoms with E-state index in [0.717, 1.165) is 11.1 Å². The fourth-order valence-corrected chi connectivity index (χ4v) is 3.97. The van der Waals surface area contributed by atoms with E-state index in [9.17, 15) is 9.59 Å². The van der Waals surface area contributed by atoms with Gasteiger partial charge in [-0.05, 0) is 36.1 Å². The van der Waals surface area contributed by atoms with Crippen LogP contribution in [0.2, 0.25) is 0 Å². The first-order valence-corrected chi connectivity index (χ1v) is 11.8. The lowest BCUT2D eigenvalue weighted by molar-refractivity contribution is -0.140. The molecule has 5 heteroatoms. The monoisotopic (exact) mass is 477 g/mol. The summed E-state index contributed by atoms with van der Waals surface area (Å²) in [6.45, 7) is 3.84. The van der Waals surface area contributed by atoms with Crippen molar-refractivity contribution in [2.24, 2.45) is 0 Å². The highest BCUT2D eigenvalue weighted by Crippen LogP contribution is 2.37. The van der Waals surface area contributed by atoms with Crippen LogP contribution in [0.4, 0.5) is 0 Å². The van der Waals surface area contributed by atoms with Crippen LogP contribution in [0.5, 0.6) is 0 Å². The van der Waals surface area contributed by atoms with Crippen molar-refractivity contribution in [3.63, 3.8) is 0 Å². The minimum Gasteiger partial charge on any atom is -0.463 e. The SMILES string of the molecule is C#CN1C(C)=C(C(=O)OCC)CC(C(=O)OCc2ccccc2)=C1c1ccccc1.c1cc2ccc1-2. The maximum Gasteiger partial charge on any atom is 0.336 e. The molecule has 0 saturated heterocycles. The van der Waals surface area contributed by atoms with Crippen molar-refractivity contribution in [1.82, 2.24) is 4.90 Å². The molecule has 0 radical (unpaired) electrons. The first-order chi connectivity index (χ1) is 17.5. The standard InChI is InChI=1S/C25H23NO4.C6H4/c1-4-26-18(3)21(24(27)29-5-2)16-22(23(26)20-14-10-7-11-15-20)25(28)30-17-19-12-8-6-9-13-19;1-2-6-4-3-5(1)6/h1,6-15H,5,16-17H2,2-3H3;1-4H. The maximum atomic E-state index is 13.1. The first kappa shape index (κ1) is 24.6. The normalized spacial score (nSPS) is 13.3. The lowest BCUT2D eigenvalue weighted by atomic mass is 9.93.